The van der Waals surface area contributed by atoms with Crippen molar-refractivity contribution in [2.75, 3.05) is 13.1 Å². The van der Waals surface area contributed by atoms with Crippen molar-refractivity contribution >= 4 is 0 Å². The van der Waals surface area contributed by atoms with Crippen LogP contribution in [0, 0.1) is 17.3 Å². The average molecular weight is 226 g/mol. The molecule has 1 aliphatic rings. The van der Waals surface area contributed by atoms with Gasteiger partial charge in [-0.2, -0.15) is 0 Å². The topological polar surface area (TPSA) is 29.3 Å². The summed E-state index contributed by atoms with van der Waals surface area (Å²) in [7, 11) is 0. The minimum absolute atomic E-state index is 0.246. The Kier molecular flexibility index (Phi) is 3.76. The number of rotatable bonds is 1. The maximum absolute atomic E-state index is 5.99. The van der Waals surface area contributed by atoms with Gasteiger partial charge in [0.25, 0.3) is 0 Å². The van der Waals surface area contributed by atoms with Gasteiger partial charge in [-0.05, 0) is 44.6 Å². The first-order valence-electron chi connectivity index (χ1n) is 6.56. The van der Waals surface area contributed by atoms with E-state index in [1.54, 1.807) is 0 Å². The van der Waals surface area contributed by atoms with Gasteiger partial charge in [-0.1, -0.05) is 27.7 Å². The molecule has 0 aromatic rings. The van der Waals surface area contributed by atoms with Crippen LogP contribution in [0.1, 0.15) is 48.5 Å². The van der Waals surface area contributed by atoms with Gasteiger partial charge >= 0.3 is 0 Å². The predicted octanol–water partition coefficient (Wildman–Crippen LogP) is 2.73. The molecule has 2 N–H and O–H groups in total. The molecule has 0 spiro atoms. The summed E-state index contributed by atoms with van der Waals surface area (Å²) in [6, 6.07) is 0.604. The van der Waals surface area contributed by atoms with E-state index in [0.29, 0.717) is 23.3 Å². The highest BCUT2D eigenvalue weighted by Crippen LogP contribution is 2.42. The lowest BCUT2D eigenvalue weighted by molar-refractivity contribution is 0.0407. The highest BCUT2D eigenvalue weighted by atomic mass is 15.3. The molecular formula is C14H30N2. The Hall–Kier alpha value is -0.0800. The summed E-state index contributed by atoms with van der Waals surface area (Å²) in [5, 5.41) is 0. The van der Waals surface area contributed by atoms with E-state index in [0.717, 1.165) is 6.54 Å². The monoisotopic (exact) mass is 226 g/mol. The number of likely N-dealkylation sites (tertiary alicyclic amines) is 1. The molecule has 1 aliphatic heterocycles. The third-order valence-corrected chi connectivity index (χ3v) is 3.98. The van der Waals surface area contributed by atoms with Crippen LogP contribution < -0.4 is 5.73 Å². The summed E-state index contributed by atoms with van der Waals surface area (Å²) in [6.45, 7) is 18.3. The first kappa shape index (κ1) is 14.0. The normalized spacial score (nSPS) is 33.4. The van der Waals surface area contributed by atoms with Gasteiger partial charge in [-0.3, -0.25) is 4.90 Å². The highest BCUT2D eigenvalue weighted by molar-refractivity contribution is 5.01. The zero-order chi connectivity index (χ0) is 12.7. The van der Waals surface area contributed by atoms with Crippen LogP contribution in [0.5, 0.6) is 0 Å². The summed E-state index contributed by atoms with van der Waals surface area (Å²) in [5.74, 6) is 1.35. The molecule has 0 amide bonds. The second-order valence-electron chi connectivity index (χ2n) is 7.51. The second-order valence-corrected chi connectivity index (χ2v) is 7.51. The minimum atomic E-state index is 0.246. The van der Waals surface area contributed by atoms with Crippen LogP contribution in [0.4, 0.5) is 0 Å². The van der Waals surface area contributed by atoms with E-state index in [9.17, 15) is 0 Å². The molecule has 0 saturated carbocycles. The SMILES string of the molecule is C[C@@H]1CN(C(C)(C)C)C(C(C)(C)C)[C@@H]1CN. The van der Waals surface area contributed by atoms with E-state index in [2.05, 4.69) is 53.4 Å². The van der Waals surface area contributed by atoms with Crippen molar-refractivity contribution in [3.8, 4) is 0 Å². The van der Waals surface area contributed by atoms with Crippen molar-refractivity contribution in [2.45, 2.75) is 60.0 Å². The number of nitrogens with two attached hydrogens (primary N) is 1. The third-order valence-electron chi connectivity index (χ3n) is 3.98. The third kappa shape index (κ3) is 2.60. The summed E-state index contributed by atoms with van der Waals surface area (Å²) >= 11 is 0. The summed E-state index contributed by atoms with van der Waals surface area (Å²) in [4.78, 5) is 2.66. The van der Waals surface area contributed by atoms with Crippen molar-refractivity contribution in [3.63, 3.8) is 0 Å². The molecule has 0 aliphatic carbocycles. The van der Waals surface area contributed by atoms with Crippen molar-refractivity contribution < 1.29 is 0 Å². The Bertz CT molecular complexity index is 234. The molecular weight excluding hydrogens is 196 g/mol. The Labute approximate surface area is 102 Å². The van der Waals surface area contributed by atoms with E-state index < -0.39 is 0 Å². The summed E-state index contributed by atoms with van der Waals surface area (Å²) in [6.07, 6.45) is 0. The molecule has 1 saturated heterocycles. The lowest BCUT2D eigenvalue weighted by Crippen LogP contribution is -2.52. The van der Waals surface area contributed by atoms with Gasteiger partial charge in [0.15, 0.2) is 0 Å². The highest BCUT2D eigenvalue weighted by Gasteiger charge is 2.47. The quantitative estimate of drug-likeness (QED) is 0.745. The Balaban J connectivity index is 3.03. The van der Waals surface area contributed by atoms with Crippen molar-refractivity contribution in [1.29, 1.82) is 0 Å². The van der Waals surface area contributed by atoms with Crippen molar-refractivity contribution in [1.82, 2.24) is 4.90 Å². The summed E-state index contributed by atoms with van der Waals surface area (Å²) < 4.78 is 0. The molecule has 3 atom stereocenters. The Morgan fingerprint density at radius 2 is 1.62 bits per heavy atom. The maximum atomic E-state index is 5.99. The molecule has 0 radical (unpaired) electrons. The van der Waals surface area contributed by atoms with Gasteiger partial charge in [-0.25, -0.2) is 0 Å². The fraction of sp³-hybridized carbons (Fsp3) is 1.00. The molecule has 0 aromatic carbocycles. The van der Waals surface area contributed by atoms with E-state index in [4.69, 9.17) is 5.73 Å². The van der Waals surface area contributed by atoms with Crippen LogP contribution in [-0.2, 0) is 0 Å². The van der Waals surface area contributed by atoms with Crippen LogP contribution in [0.2, 0.25) is 0 Å². The molecule has 0 bridgehead atoms. The Morgan fingerprint density at radius 1 is 1.12 bits per heavy atom. The molecule has 0 aromatic heterocycles. The summed E-state index contributed by atoms with van der Waals surface area (Å²) in [5.41, 5.74) is 6.54. The standard InChI is InChI=1S/C14H30N2/c1-10-9-16(14(5,6)7)12(11(10)8-15)13(2,3)4/h10-12H,8-9,15H2,1-7H3/t10-,11-,12?/m1/s1. The fourth-order valence-electron chi connectivity index (χ4n) is 3.26. The van der Waals surface area contributed by atoms with Gasteiger partial charge in [0, 0.05) is 18.1 Å². The molecule has 1 fully saturated rings. The molecule has 16 heavy (non-hydrogen) atoms. The average Bonchev–Trinajstić information content (AvgIpc) is 2.40. The minimum Gasteiger partial charge on any atom is -0.330 e. The molecule has 1 heterocycles. The predicted molar refractivity (Wildman–Crippen MR) is 71.4 cm³/mol. The largest absolute Gasteiger partial charge is 0.330 e. The molecule has 2 heteroatoms. The van der Waals surface area contributed by atoms with Crippen LogP contribution in [0.15, 0.2) is 0 Å². The number of hydrogen-bond donors (Lipinski definition) is 1. The zero-order valence-electron chi connectivity index (χ0n) is 12.2. The molecule has 1 unspecified atom stereocenters. The second kappa shape index (κ2) is 4.30. The van der Waals surface area contributed by atoms with E-state index in [1.807, 2.05) is 0 Å². The van der Waals surface area contributed by atoms with E-state index >= 15 is 0 Å². The van der Waals surface area contributed by atoms with Gasteiger partial charge in [-0.15, -0.1) is 0 Å². The van der Waals surface area contributed by atoms with E-state index in [-0.39, 0.29) is 5.54 Å². The zero-order valence-corrected chi connectivity index (χ0v) is 12.2. The van der Waals surface area contributed by atoms with Crippen LogP contribution in [0.3, 0.4) is 0 Å². The van der Waals surface area contributed by atoms with Gasteiger partial charge in [0.05, 0.1) is 0 Å². The lowest BCUT2D eigenvalue weighted by atomic mass is 9.76. The maximum Gasteiger partial charge on any atom is 0.0192 e. The van der Waals surface area contributed by atoms with E-state index in [1.165, 1.54) is 6.54 Å². The number of nitrogens with zero attached hydrogens (tertiary/aromatic N) is 1. The lowest BCUT2D eigenvalue weighted by Gasteiger charge is -2.45. The molecule has 2 nitrogen and oxygen atoms in total. The first-order chi connectivity index (χ1) is 7.09. The molecule has 96 valence electrons. The van der Waals surface area contributed by atoms with Gasteiger partial charge in [0.1, 0.15) is 0 Å². The Morgan fingerprint density at radius 3 is 1.94 bits per heavy atom. The number of hydrogen-bond acceptors (Lipinski definition) is 2. The van der Waals surface area contributed by atoms with Gasteiger partial charge in [0.2, 0.25) is 0 Å². The van der Waals surface area contributed by atoms with Crippen LogP contribution in [0.25, 0.3) is 0 Å². The van der Waals surface area contributed by atoms with Gasteiger partial charge < -0.3 is 5.73 Å². The van der Waals surface area contributed by atoms with Crippen molar-refractivity contribution in [2.24, 2.45) is 23.0 Å². The fourth-order valence-corrected chi connectivity index (χ4v) is 3.26. The van der Waals surface area contributed by atoms with Crippen LogP contribution >= 0.6 is 0 Å². The van der Waals surface area contributed by atoms with Crippen LogP contribution in [-0.4, -0.2) is 29.6 Å². The molecule has 1 rings (SSSR count). The smallest absolute Gasteiger partial charge is 0.0192 e. The van der Waals surface area contributed by atoms with Crippen molar-refractivity contribution in [3.05, 3.63) is 0 Å². The first-order valence-corrected chi connectivity index (χ1v) is 6.56.